The molecule has 0 bridgehead atoms. The lowest BCUT2D eigenvalue weighted by Crippen LogP contribution is -2.01. The average molecular weight is 216 g/mol. The maximum absolute atomic E-state index is 11.5. The van der Waals surface area contributed by atoms with Crippen LogP contribution in [0.3, 0.4) is 0 Å². The zero-order valence-electron chi connectivity index (χ0n) is 9.66. The van der Waals surface area contributed by atoms with E-state index in [2.05, 4.69) is 23.2 Å². The molecule has 0 fully saturated rings. The number of rotatable bonds is 2. The lowest BCUT2D eigenvalue weighted by atomic mass is 9.98. The minimum atomic E-state index is 0.199. The van der Waals surface area contributed by atoms with Crippen molar-refractivity contribution in [2.75, 3.05) is 0 Å². The monoisotopic (exact) mass is 216 g/mol. The summed E-state index contributed by atoms with van der Waals surface area (Å²) in [6.45, 7) is 4.08. The van der Waals surface area contributed by atoms with Crippen LogP contribution in [0.25, 0.3) is 5.57 Å². The molecule has 0 aliphatic heterocycles. The van der Waals surface area contributed by atoms with E-state index in [1.54, 1.807) is 6.08 Å². The summed E-state index contributed by atoms with van der Waals surface area (Å²) in [5, 5.41) is 7.14. The van der Waals surface area contributed by atoms with Crippen molar-refractivity contribution in [3.8, 4) is 0 Å². The molecule has 3 heteroatoms. The number of aromatic nitrogens is 2. The van der Waals surface area contributed by atoms with Crippen molar-refractivity contribution < 1.29 is 4.79 Å². The van der Waals surface area contributed by atoms with Crippen molar-refractivity contribution in [3.63, 3.8) is 0 Å². The molecule has 1 aromatic heterocycles. The van der Waals surface area contributed by atoms with Crippen molar-refractivity contribution in [2.45, 2.75) is 26.7 Å². The number of ketones is 1. The number of hydrogen-bond donors (Lipinski definition) is 1. The molecule has 0 aromatic carbocycles. The molecule has 0 saturated heterocycles. The van der Waals surface area contributed by atoms with E-state index >= 15 is 0 Å². The first kappa shape index (κ1) is 10.9. The number of carbonyl (C=O) groups excluding carboxylic acids is 1. The molecule has 1 aromatic rings. The molecule has 3 nitrogen and oxygen atoms in total. The average Bonchev–Trinajstić information content (AvgIpc) is 2.59. The molecule has 0 saturated carbocycles. The lowest BCUT2D eigenvalue weighted by molar-refractivity contribution is -0.115. The van der Waals surface area contributed by atoms with Crippen molar-refractivity contribution in [1.29, 1.82) is 0 Å². The molecule has 1 atom stereocenters. The molecule has 0 amide bonds. The molecule has 1 aliphatic carbocycles. The number of H-pyrrole nitrogens is 1. The van der Waals surface area contributed by atoms with Gasteiger partial charge in [0, 0.05) is 12.1 Å². The van der Waals surface area contributed by atoms with E-state index in [1.165, 1.54) is 0 Å². The van der Waals surface area contributed by atoms with E-state index in [4.69, 9.17) is 0 Å². The fourth-order valence-corrected chi connectivity index (χ4v) is 1.88. The Bertz CT molecular complexity index is 454. The van der Waals surface area contributed by atoms with E-state index in [-0.39, 0.29) is 5.78 Å². The van der Waals surface area contributed by atoms with E-state index in [1.807, 2.05) is 19.1 Å². The Hall–Kier alpha value is -1.64. The van der Waals surface area contributed by atoms with Gasteiger partial charge in [-0.25, -0.2) is 0 Å². The Morgan fingerprint density at radius 2 is 2.31 bits per heavy atom. The fraction of sp³-hybridized carbons (Fsp3) is 0.385. The largest absolute Gasteiger partial charge is 0.295 e. The number of allylic oxidation sites excluding steroid dienone is 4. The molecule has 84 valence electrons. The molecule has 0 radical (unpaired) electrons. The number of aromatic amines is 1. The Morgan fingerprint density at radius 3 is 2.94 bits per heavy atom. The van der Waals surface area contributed by atoms with Gasteiger partial charge >= 0.3 is 0 Å². The van der Waals surface area contributed by atoms with Gasteiger partial charge in [0.1, 0.15) is 0 Å². The van der Waals surface area contributed by atoms with Gasteiger partial charge in [0.2, 0.25) is 0 Å². The third kappa shape index (κ3) is 2.30. The molecule has 16 heavy (non-hydrogen) atoms. The second-order valence-corrected chi connectivity index (χ2v) is 4.23. The van der Waals surface area contributed by atoms with Crippen LogP contribution in [-0.4, -0.2) is 16.0 Å². The highest BCUT2D eigenvalue weighted by molar-refractivity contribution is 5.94. The van der Waals surface area contributed by atoms with Crippen LogP contribution in [0.1, 0.15) is 31.2 Å². The van der Waals surface area contributed by atoms with Gasteiger partial charge in [0.05, 0.1) is 5.69 Å². The first-order valence-corrected chi connectivity index (χ1v) is 5.64. The fourth-order valence-electron chi connectivity index (χ4n) is 1.88. The molecule has 1 unspecified atom stereocenters. The third-order valence-corrected chi connectivity index (χ3v) is 2.85. The van der Waals surface area contributed by atoms with Crippen molar-refractivity contribution in [3.05, 3.63) is 35.7 Å². The van der Waals surface area contributed by atoms with E-state index in [0.29, 0.717) is 12.3 Å². The van der Waals surface area contributed by atoms with Crippen LogP contribution >= 0.6 is 0 Å². The van der Waals surface area contributed by atoms with Crippen LogP contribution in [0.2, 0.25) is 0 Å². The van der Waals surface area contributed by atoms with Gasteiger partial charge in [-0.15, -0.1) is 0 Å². The summed E-state index contributed by atoms with van der Waals surface area (Å²) in [6, 6.07) is 2.00. The minimum Gasteiger partial charge on any atom is -0.295 e. The van der Waals surface area contributed by atoms with Crippen LogP contribution in [0.5, 0.6) is 0 Å². The van der Waals surface area contributed by atoms with Gasteiger partial charge in [-0.1, -0.05) is 13.0 Å². The van der Waals surface area contributed by atoms with Gasteiger partial charge in [-0.3, -0.25) is 9.89 Å². The van der Waals surface area contributed by atoms with Gasteiger partial charge in [0.25, 0.3) is 0 Å². The first-order valence-electron chi connectivity index (χ1n) is 5.64. The number of nitrogens with one attached hydrogen (secondary N) is 1. The summed E-state index contributed by atoms with van der Waals surface area (Å²) in [7, 11) is 0. The summed E-state index contributed by atoms with van der Waals surface area (Å²) in [5.74, 6) is 0.528. The van der Waals surface area contributed by atoms with Crippen LogP contribution in [0.15, 0.2) is 24.3 Å². The summed E-state index contributed by atoms with van der Waals surface area (Å²) >= 11 is 0. The number of nitrogens with zero attached hydrogens (tertiary/aromatic N) is 1. The van der Waals surface area contributed by atoms with Gasteiger partial charge < -0.3 is 0 Å². The molecule has 1 aliphatic rings. The van der Waals surface area contributed by atoms with Crippen molar-refractivity contribution in [1.82, 2.24) is 10.2 Å². The van der Waals surface area contributed by atoms with Crippen LogP contribution < -0.4 is 0 Å². The van der Waals surface area contributed by atoms with E-state index in [9.17, 15) is 4.79 Å². The highest BCUT2D eigenvalue weighted by atomic mass is 16.1. The van der Waals surface area contributed by atoms with Gasteiger partial charge in [-0.2, -0.15) is 5.10 Å². The minimum absolute atomic E-state index is 0.199. The maximum Gasteiger partial charge on any atom is 0.156 e. The third-order valence-electron chi connectivity index (χ3n) is 2.85. The molecule has 1 heterocycles. The highest BCUT2D eigenvalue weighted by Crippen LogP contribution is 2.23. The quantitative estimate of drug-likeness (QED) is 0.826. The summed E-state index contributed by atoms with van der Waals surface area (Å²) in [6.07, 6.45) is 7.27. The molecular formula is C13H16N2O. The van der Waals surface area contributed by atoms with Crippen LogP contribution in [0.4, 0.5) is 0 Å². The zero-order valence-corrected chi connectivity index (χ0v) is 9.66. The van der Waals surface area contributed by atoms with Crippen LogP contribution in [0, 0.1) is 12.8 Å². The molecule has 2 rings (SSSR count). The smallest absolute Gasteiger partial charge is 0.156 e. The van der Waals surface area contributed by atoms with Gasteiger partial charge in [-0.05, 0) is 43.1 Å². The second-order valence-electron chi connectivity index (χ2n) is 4.23. The second kappa shape index (κ2) is 4.47. The zero-order chi connectivity index (χ0) is 11.5. The van der Waals surface area contributed by atoms with E-state index < -0.39 is 0 Å². The summed E-state index contributed by atoms with van der Waals surface area (Å²) in [5.41, 5.74) is 3.00. The number of aryl methyl sites for hydroxylation is 1. The lowest BCUT2D eigenvalue weighted by Gasteiger charge is -2.06. The van der Waals surface area contributed by atoms with Gasteiger partial charge in [0.15, 0.2) is 5.78 Å². The Labute approximate surface area is 95.3 Å². The summed E-state index contributed by atoms with van der Waals surface area (Å²) in [4.78, 5) is 11.5. The highest BCUT2D eigenvalue weighted by Gasteiger charge is 2.14. The summed E-state index contributed by atoms with van der Waals surface area (Å²) < 4.78 is 0. The maximum atomic E-state index is 11.5. The Balaban J connectivity index is 2.34. The Morgan fingerprint density at radius 1 is 1.50 bits per heavy atom. The Kier molecular flexibility index (Phi) is 3.04. The van der Waals surface area contributed by atoms with Crippen LogP contribution in [-0.2, 0) is 4.79 Å². The standard InChI is InChI=1S/C13H16N2O/c1-3-10-7-11(4-5-12(16)8-10)13-6-9(2)14-15-13/h4-7,10H,3,8H2,1-2H3,(H,14,15). The molecule has 0 spiro atoms. The SMILES string of the molecule is CCC1C=C(c2cc(C)[nH]n2)C=CC(=O)C1. The predicted octanol–water partition coefficient (Wildman–Crippen LogP) is 2.66. The number of carbonyl (C=O) groups is 1. The normalized spacial score (nSPS) is 20.8. The molecule has 1 N–H and O–H groups in total. The first-order chi connectivity index (χ1) is 7.69. The predicted molar refractivity (Wildman–Crippen MR) is 63.8 cm³/mol. The number of hydrogen-bond acceptors (Lipinski definition) is 2. The molecular weight excluding hydrogens is 200 g/mol. The topological polar surface area (TPSA) is 45.8 Å². The van der Waals surface area contributed by atoms with E-state index in [0.717, 1.165) is 23.4 Å². The van der Waals surface area contributed by atoms with Crippen molar-refractivity contribution >= 4 is 11.4 Å². The van der Waals surface area contributed by atoms with Crippen molar-refractivity contribution in [2.24, 2.45) is 5.92 Å².